The van der Waals surface area contributed by atoms with Crippen molar-refractivity contribution in [2.24, 2.45) is 5.73 Å². The van der Waals surface area contributed by atoms with E-state index < -0.39 is 15.9 Å². The predicted molar refractivity (Wildman–Crippen MR) is 123 cm³/mol. The Morgan fingerprint density at radius 1 is 1.03 bits per heavy atom. The van der Waals surface area contributed by atoms with Gasteiger partial charge in [-0.3, -0.25) is 9.52 Å². The zero-order valence-electron chi connectivity index (χ0n) is 18.1. The molecule has 2 aromatic carbocycles. The van der Waals surface area contributed by atoms with E-state index in [4.69, 9.17) is 10.5 Å². The zero-order valence-corrected chi connectivity index (χ0v) is 18.9. The lowest BCUT2D eigenvalue weighted by Gasteiger charge is -2.14. The number of rotatable bonds is 8. The van der Waals surface area contributed by atoms with Crippen LogP contribution >= 0.6 is 0 Å². The van der Waals surface area contributed by atoms with Crippen molar-refractivity contribution in [1.82, 2.24) is 9.97 Å². The van der Waals surface area contributed by atoms with Crippen LogP contribution in [-0.2, 0) is 10.0 Å². The third-order valence-electron chi connectivity index (χ3n) is 4.44. The summed E-state index contributed by atoms with van der Waals surface area (Å²) >= 11 is 0. The molecule has 0 fully saturated rings. The van der Waals surface area contributed by atoms with Crippen LogP contribution in [0.15, 0.2) is 53.4 Å². The molecule has 3 aromatic rings. The Bertz CT molecular complexity index is 1240. The van der Waals surface area contributed by atoms with Gasteiger partial charge in [0, 0.05) is 31.5 Å². The molecule has 1 aromatic heterocycles. The van der Waals surface area contributed by atoms with Crippen LogP contribution in [0.5, 0.6) is 5.75 Å². The van der Waals surface area contributed by atoms with Crippen LogP contribution in [0.4, 0.5) is 23.0 Å². The number of amides is 1. The molecule has 10 nitrogen and oxygen atoms in total. The summed E-state index contributed by atoms with van der Waals surface area (Å²) in [5.74, 6) is 1.42. The lowest BCUT2D eigenvalue weighted by atomic mass is 10.2. The van der Waals surface area contributed by atoms with Gasteiger partial charge >= 0.3 is 0 Å². The SMILES string of the molecule is COc1ccc(S(=O)(=O)Nc2ccc(Nc3cc(N(C)C)nc(C)n3)cc2)cc1C(N)=O. The predicted octanol–water partition coefficient (Wildman–Crippen LogP) is 2.50. The summed E-state index contributed by atoms with van der Waals surface area (Å²) in [4.78, 5) is 22.1. The summed E-state index contributed by atoms with van der Waals surface area (Å²) in [5, 5.41) is 3.17. The smallest absolute Gasteiger partial charge is 0.261 e. The molecule has 0 aliphatic rings. The van der Waals surface area contributed by atoms with Crippen LogP contribution in [0.1, 0.15) is 16.2 Å². The van der Waals surface area contributed by atoms with E-state index >= 15 is 0 Å². The number of nitrogens with zero attached hydrogens (tertiary/aromatic N) is 3. The molecule has 0 saturated carbocycles. The lowest BCUT2D eigenvalue weighted by Crippen LogP contribution is -2.16. The topological polar surface area (TPSA) is 140 Å². The summed E-state index contributed by atoms with van der Waals surface area (Å²) < 4.78 is 33.0. The average Bonchev–Trinajstić information content (AvgIpc) is 2.74. The first-order chi connectivity index (χ1) is 15.1. The molecule has 32 heavy (non-hydrogen) atoms. The summed E-state index contributed by atoms with van der Waals surface area (Å²) in [6.07, 6.45) is 0. The van der Waals surface area contributed by atoms with Crippen LogP contribution in [0, 0.1) is 6.92 Å². The fraction of sp³-hybridized carbons (Fsp3) is 0.190. The van der Waals surface area contributed by atoms with Crippen LogP contribution < -0.4 is 25.4 Å². The minimum Gasteiger partial charge on any atom is -0.496 e. The number of carbonyl (C=O) groups excluding carboxylic acids is 1. The number of nitrogens with two attached hydrogens (primary N) is 1. The number of hydrogen-bond acceptors (Lipinski definition) is 8. The zero-order chi connectivity index (χ0) is 23.5. The first kappa shape index (κ1) is 22.8. The largest absolute Gasteiger partial charge is 0.496 e. The maximum Gasteiger partial charge on any atom is 0.261 e. The molecule has 4 N–H and O–H groups in total. The fourth-order valence-electron chi connectivity index (χ4n) is 2.88. The molecular weight excluding hydrogens is 432 g/mol. The Morgan fingerprint density at radius 2 is 1.69 bits per heavy atom. The number of aromatic nitrogens is 2. The first-order valence-corrected chi connectivity index (χ1v) is 11.0. The van der Waals surface area contributed by atoms with E-state index in [0.717, 1.165) is 11.5 Å². The highest BCUT2D eigenvalue weighted by Gasteiger charge is 2.19. The number of carbonyl (C=O) groups is 1. The van der Waals surface area contributed by atoms with Crippen LogP contribution in [0.25, 0.3) is 0 Å². The number of nitrogens with one attached hydrogen (secondary N) is 2. The van der Waals surface area contributed by atoms with Gasteiger partial charge in [-0.2, -0.15) is 0 Å². The lowest BCUT2D eigenvalue weighted by molar-refractivity contribution is 0.0997. The Hall–Kier alpha value is -3.86. The second kappa shape index (κ2) is 9.10. The molecule has 0 saturated heterocycles. The molecule has 0 spiro atoms. The molecule has 0 bridgehead atoms. The highest BCUT2D eigenvalue weighted by atomic mass is 32.2. The second-order valence-electron chi connectivity index (χ2n) is 7.09. The summed E-state index contributed by atoms with van der Waals surface area (Å²) in [5.41, 5.74) is 6.36. The van der Waals surface area contributed by atoms with Gasteiger partial charge in [0.1, 0.15) is 23.2 Å². The Morgan fingerprint density at radius 3 is 2.28 bits per heavy atom. The number of ether oxygens (including phenoxy) is 1. The third kappa shape index (κ3) is 5.24. The number of benzene rings is 2. The Kier molecular flexibility index (Phi) is 6.49. The van der Waals surface area contributed by atoms with Gasteiger partial charge < -0.3 is 20.7 Å². The second-order valence-corrected chi connectivity index (χ2v) is 8.77. The summed E-state index contributed by atoms with van der Waals surface area (Å²) in [7, 11) is 1.20. The molecule has 11 heteroatoms. The minimum absolute atomic E-state index is 0.0211. The number of hydrogen-bond donors (Lipinski definition) is 3. The Labute approximate surface area is 186 Å². The molecule has 0 aliphatic heterocycles. The van der Waals surface area contributed by atoms with Crippen LogP contribution in [0.3, 0.4) is 0 Å². The van der Waals surface area contributed by atoms with Crippen molar-refractivity contribution >= 4 is 38.9 Å². The molecule has 168 valence electrons. The van der Waals surface area contributed by atoms with Crippen molar-refractivity contribution in [3.05, 3.63) is 59.9 Å². The van der Waals surface area contributed by atoms with E-state index in [0.29, 0.717) is 17.3 Å². The van der Waals surface area contributed by atoms with Gasteiger partial charge in [-0.25, -0.2) is 18.4 Å². The first-order valence-electron chi connectivity index (χ1n) is 9.50. The third-order valence-corrected chi connectivity index (χ3v) is 5.82. The summed E-state index contributed by atoms with van der Waals surface area (Å²) in [6.45, 7) is 1.80. The van der Waals surface area contributed by atoms with Crippen molar-refractivity contribution < 1.29 is 17.9 Å². The quantitative estimate of drug-likeness (QED) is 0.470. The van der Waals surface area contributed by atoms with Crippen molar-refractivity contribution in [3.63, 3.8) is 0 Å². The van der Waals surface area contributed by atoms with E-state index in [1.165, 1.54) is 25.3 Å². The Balaban J connectivity index is 1.78. The highest BCUT2D eigenvalue weighted by Crippen LogP contribution is 2.25. The van der Waals surface area contributed by atoms with Gasteiger partial charge in [0.25, 0.3) is 15.9 Å². The van der Waals surface area contributed by atoms with Crippen LogP contribution in [-0.4, -0.2) is 45.5 Å². The van der Waals surface area contributed by atoms with Gasteiger partial charge in [-0.1, -0.05) is 0 Å². The number of anilines is 4. The van der Waals surface area contributed by atoms with Crippen molar-refractivity contribution in [2.45, 2.75) is 11.8 Å². The monoisotopic (exact) mass is 456 g/mol. The summed E-state index contributed by atoms with van der Waals surface area (Å²) in [6, 6.07) is 12.4. The van der Waals surface area contributed by atoms with E-state index in [1.807, 2.05) is 25.1 Å². The average molecular weight is 457 g/mol. The maximum atomic E-state index is 12.7. The molecule has 0 unspecified atom stereocenters. The van der Waals surface area contributed by atoms with Gasteiger partial charge in [0.05, 0.1) is 17.6 Å². The molecule has 0 aliphatic carbocycles. The van der Waals surface area contributed by atoms with Crippen LogP contribution in [0.2, 0.25) is 0 Å². The number of primary amides is 1. The van der Waals surface area contributed by atoms with Crippen molar-refractivity contribution in [3.8, 4) is 5.75 Å². The molecule has 0 radical (unpaired) electrons. The van der Waals surface area contributed by atoms with Gasteiger partial charge in [-0.05, 0) is 49.4 Å². The normalized spacial score (nSPS) is 11.0. The highest BCUT2D eigenvalue weighted by molar-refractivity contribution is 7.92. The molecule has 0 atom stereocenters. The number of aryl methyl sites for hydroxylation is 1. The molecule has 1 heterocycles. The van der Waals surface area contributed by atoms with Crippen molar-refractivity contribution in [2.75, 3.05) is 36.1 Å². The fourth-order valence-corrected chi connectivity index (χ4v) is 3.96. The van der Waals surface area contributed by atoms with E-state index in [2.05, 4.69) is 20.0 Å². The maximum absolute atomic E-state index is 12.7. The molecule has 1 amide bonds. The van der Waals surface area contributed by atoms with Gasteiger partial charge in [0.2, 0.25) is 0 Å². The standard InChI is InChI=1S/C21H24N6O4S/c1-13-23-19(12-20(24-13)27(2)3)25-14-5-7-15(8-6-14)26-32(29,30)16-9-10-18(31-4)17(11-16)21(22)28/h5-12,26H,1-4H3,(H2,22,28)(H,23,24,25). The van der Waals surface area contributed by atoms with Crippen molar-refractivity contribution in [1.29, 1.82) is 0 Å². The van der Waals surface area contributed by atoms with E-state index in [9.17, 15) is 13.2 Å². The molecular formula is C21H24N6O4S. The van der Waals surface area contributed by atoms with E-state index in [-0.39, 0.29) is 16.2 Å². The number of methoxy groups -OCH3 is 1. The molecule has 3 rings (SSSR count). The van der Waals surface area contributed by atoms with E-state index in [1.54, 1.807) is 31.2 Å². The van der Waals surface area contributed by atoms with Gasteiger partial charge in [-0.15, -0.1) is 0 Å². The number of sulfonamides is 1. The minimum atomic E-state index is -3.95. The van der Waals surface area contributed by atoms with Gasteiger partial charge in [0.15, 0.2) is 0 Å².